The number of carbonyl (C=O) groups is 1. The van der Waals surface area contributed by atoms with E-state index < -0.39 is 11.9 Å². The van der Waals surface area contributed by atoms with Gasteiger partial charge in [0.25, 0.3) is 0 Å². The Morgan fingerprint density at radius 3 is 2.62 bits per heavy atom. The van der Waals surface area contributed by atoms with Crippen LogP contribution in [0.2, 0.25) is 0 Å². The van der Waals surface area contributed by atoms with Crippen LogP contribution in [0.4, 0.5) is 11.4 Å². The molecule has 1 fully saturated rings. The molecule has 5 aromatic rings. The number of benzene rings is 3. The van der Waals surface area contributed by atoms with Crippen molar-refractivity contribution < 1.29 is 4.79 Å². The second-order valence-corrected chi connectivity index (χ2v) is 11.4. The molecular weight excluding hydrogens is 592 g/mol. The molecule has 1 aliphatic rings. The zero-order valence-electron chi connectivity index (χ0n) is 23.0. The standard InChI is InChI=1S/C32H29BrN8O/c1-2-26(19-7-4-3-5-8-19)37-29-22(16-34)17-36-31-25(29)14-23(33)15-27(31)38-30(20-9-6-10-21(13-20)32(35)42)28-18-41(40-39-28)24-11-12-24/h3-10,13-15,17-18,24,26,30,38H,2,11-12H2,1H3,(H2,35,42)(H,36,37)/t26-,30+/m1/s1. The van der Waals surface area contributed by atoms with Crippen molar-refractivity contribution in [3.63, 3.8) is 0 Å². The normalized spacial score (nSPS) is 14.2. The first kappa shape index (κ1) is 27.4. The molecule has 1 aliphatic carbocycles. The van der Waals surface area contributed by atoms with Gasteiger partial charge in [0.2, 0.25) is 5.91 Å². The van der Waals surface area contributed by atoms with E-state index in [4.69, 9.17) is 10.7 Å². The molecule has 1 saturated carbocycles. The fourth-order valence-electron chi connectivity index (χ4n) is 5.19. The van der Waals surface area contributed by atoms with Gasteiger partial charge in [-0.1, -0.05) is 70.5 Å². The van der Waals surface area contributed by atoms with Crippen molar-refractivity contribution in [2.75, 3.05) is 10.6 Å². The maximum atomic E-state index is 12.0. The lowest BCUT2D eigenvalue weighted by atomic mass is 10.00. The molecule has 2 aromatic heterocycles. The van der Waals surface area contributed by atoms with Crippen LogP contribution < -0.4 is 16.4 Å². The van der Waals surface area contributed by atoms with Crippen molar-refractivity contribution in [2.45, 2.75) is 44.3 Å². The second-order valence-electron chi connectivity index (χ2n) is 10.4. The summed E-state index contributed by atoms with van der Waals surface area (Å²) >= 11 is 3.68. The number of primary amides is 1. The van der Waals surface area contributed by atoms with Crippen LogP contribution in [-0.4, -0.2) is 25.9 Å². The third-order valence-corrected chi connectivity index (χ3v) is 7.99. The van der Waals surface area contributed by atoms with E-state index in [2.05, 4.69) is 62.0 Å². The van der Waals surface area contributed by atoms with Crippen LogP contribution in [0.3, 0.4) is 0 Å². The molecule has 0 spiro atoms. The molecule has 4 N–H and O–H groups in total. The Morgan fingerprint density at radius 1 is 1.12 bits per heavy atom. The van der Waals surface area contributed by atoms with Gasteiger partial charge < -0.3 is 16.4 Å². The lowest BCUT2D eigenvalue weighted by Crippen LogP contribution is -2.16. The minimum Gasteiger partial charge on any atom is -0.377 e. The number of aromatic nitrogens is 4. The van der Waals surface area contributed by atoms with E-state index in [1.807, 2.05) is 53.3 Å². The first-order chi connectivity index (χ1) is 20.4. The molecule has 42 heavy (non-hydrogen) atoms. The number of anilines is 2. The Hall–Kier alpha value is -4.75. The molecule has 3 aromatic carbocycles. The van der Waals surface area contributed by atoms with Gasteiger partial charge in [-0.3, -0.25) is 9.78 Å². The molecule has 2 atom stereocenters. The molecule has 1 amide bonds. The van der Waals surface area contributed by atoms with Crippen LogP contribution in [0.5, 0.6) is 0 Å². The van der Waals surface area contributed by atoms with Gasteiger partial charge in [0.05, 0.1) is 46.8 Å². The summed E-state index contributed by atoms with van der Waals surface area (Å²) in [5, 5.41) is 27.0. The van der Waals surface area contributed by atoms with Gasteiger partial charge in [-0.15, -0.1) is 5.10 Å². The summed E-state index contributed by atoms with van der Waals surface area (Å²) in [6.45, 7) is 2.11. The summed E-state index contributed by atoms with van der Waals surface area (Å²) in [5.74, 6) is -0.504. The topological polar surface area (TPSA) is 135 Å². The summed E-state index contributed by atoms with van der Waals surface area (Å²) in [5.41, 5.74) is 11.3. The largest absolute Gasteiger partial charge is 0.377 e. The fraction of sp³-hybridized carbons (Fsp3) is 0.219. The number of rotatable bonds is 10. The maximum absolute atomic E-state index is 12.0. The highest BCUT2D eigenvalue weighted by molar-refractivity contribution is 9.10. The predicted octanol–water partition coefficient (Wildman–Crippen LogP) is 6.66. The van der Waals surface area contributed by atoms with Gasteiger partial charge in [-0.25, -0.2) is 4.68 Å². The molecule has 210 valence electrons. The van der Waals surface area contributed by atoms with Crippen molar-refractivity contribution in [1.82, 2.24) is 20.0 Å². The van der Waals surface area contributed by atoms with Crippen molar-refractivity contribution in [1.29, 1.82) is 5.26 Å². The van der Waals surface area contributed by atoms with E-state index in [1.165, 1.54) is 0 Å². The number of nitrogens with zero attached hydrogens (tertiary/aromatic N) is 5. The lowest BCUT2D eigenvalue weighted by Gasteiger charge is -2.23. The first-order valence-corrected chi connectivity index (χ1v) is 14.7. The van der Waals surface area contributed by atoms with E-state index in [9.17, 15) is 10.1 Å². The van der Waals surface area contributed by atoms with Crippen LogP contribution in [0.15, 0.2) is 83.6 Å². The summed E-state index contributed by atoms with van der Waals surface area (Å²) in [4.78, 5) is 16.8. The average molecular weight is 622 g/mol. The number of hydrogen-bond acceptors (Lipinski definition) is 7. The summed E-state index contributed by atoms with van der Waals surface area (Å²) in [6.07, 6.45) is 6.54. The smallest absolute Gasteiger partial charge is 0.248 e. The number of amides is 1. The number of carbonyl (C=O) groups excluding carboxylic acids is 1. The molecule has 0 aliphatic heterocycles. The summed E-state index contributed by atoms with van der Waals surface area (Å²) in [7, 11) is 0. The van der Waals surface area contributed by atoms with E-state index in [1.54, 1.807) is 18.3 Å². The summed E-state index contributed by atoms with van der Waals surface area (Å²) in [6, 6.07) is 23.5. The molecular formula is C32H29BrN8O. The zero-order valence-corrected chi connectivity index (χ0v) is 24.5. The Kier molecular flexibility index (Phi) is 7.59. The van der Waals surface area contributed by atoms with Crippen LogP contribution in [0.1, 0.15) is 77.1 Å². The molecule has 6 rings (SSSR count). The highest BCUT2D eigenvalue weighted by Crippen LogP contribution is 2.39. The number of nitriles is 1. The fourth-order valence-corrected chi connectivity index (χ4v) is 5.65. The average Bonchev–Trinajstić information content (AvgIpc) is 3.75. The second kappa shape index (κ2) is 11.6. The van der Waals surface area contributed by atoms with Gasteiger partial charge in [-0.2, -0.15) is 5.26 Å². The Labute approximate surface area is 251 Å². The zero-order chi connectivity index (χ0) is 29.2. The Balaban J connectivity index is 1.46. The minimum atomic E-state index is -0.504. The van der Waals surface area contributed by atoms with Crippen molar-refractivity contribution in [3.05, 3.63) is 112 Å². The highest BCUT2D eigenvalue weighted by Gasteiger charge is 2.28. The number of hydrogen-bond donors (Lipinski definition) is 3. The van der Waals surface area contributed by atoms with Gasteiger partial charge in [0.15, 0.2) is 0 Å². The van der Waals surface area contributed by atoms with E-state index >= 15 is 0 Å². The number of fused-ring (bicyclic) bond motifs is 1. The monoisotopic (exact) mass is 620 g/mol. The third kappa shape index (κ3) is 5.56. The number of nitrogens with one attached hydrogen (secondary N) is 2. The SMILES string of the molecule is CC[C@@H](Nc1c(C#N)cnc2c(N[C@@H](c3cccc(C(N)=O)c3)c3cn(C4CC4)nn3)cc(Br)cc12)c1ccccc1. The molecule has 0 bridgehead atoms. The van der Waals surface area contributed by atoms with Crippen molar-refractivity contribution in [2.24, 2.45) is 5.73 Å². The van der Waals surface area contributed by atoms with Gasteiger partial charge in [0, 0.05) is 21.6 Å². The van der Waals surface area contributed by atoms with Gasteiger partial charge in [0.1, 0.15) is 11.8 Å². The van der Waals surface area contributed by atoms with E-state index in [-0.39, 0.29) is 6.04 Å². The highest BCUT2D eigenvalue weighted by atomic mass is 79.9. The van der Waals surface area contributed by atoms with E-state index in [0.29, 0.717) is 28.4 Å². The first-order valence-electron chi connectivity index (χ1n) is 13.9. The summed E-state index contributed by atoms with van der Waals surface area (Å²) < 4.78 is 2.71. The quantitative estimate of drug-likeness (QED) is 0.159. The van der Waals surface area contributed by atoms with Gasteiger partial charge in [-0.05, 0) is 54.7 Å². The Morgan fingerprint density at radius 2 is 1.90 bits per heavy atom. The van der Waals surface area contributed by atoms with Crippen molar-refractivity contribution in [3.8, 4) is 6.07 Å². The number of nitrogens with two attached hydrogens (primary N) is 1. The Bertz CT molecular complexity index is 1810. The number of halogens is 1. The maximum Gasteiger partial charge on any atom is 0.248 e. The van der Waals surface area contributed by atoms with Crippen LogP contribution in [-0.2, 0) is 0 Å². The lowest BCUT2D eigenvalue weighted by molar-refractivity contribution is 0.1000. The van der Waals surface area contributed by atoms with Crippen LogP contribution in [0.25, 0.3) is 10.9 Å². The molecule has 0 saturated heterocycles. The molecule has 0 radical (unpaired) electrons. The predicted molar refractivity (Wildman–Crippen MR) is 166 cm³/mol. The molecule has 0 unspecified atom stereocenters. The molecule has 9 nitrogen and oxygen atoms in total. The van der Waals surface area contributed by atoms with Crippen molar-refractivity contribution >= 4 is 44.1 Å². The number of pyridine rings is 1. The minimum absolute atomic E-state index is 0.000965. The van der Waals surface area contributed by atoms with Crippen LogP contribution in [0, 0.1) is 11.3 Å². The van der Waals surface area contributed by atoms with Crippen LogP contribution >= 0.6 is 15.9 Å². The molecule has 2 heterocycles. The molecule has 10 heteroatoms. The van der Waals surface area contributed by atoms with Gasteiger partial charge >= 0.3 is 0 Å². The van der Waals surface area contributed by atoms with E-state index in [0.717, 1.165) is 51.6 Å². The third-order valence-electron chi connectivity index (χ3n) is 7.53.